The number of aromatic nitrogens is 2. The number of carboxylic acids is 1. The van der Waals surface area contributed by atoms with E-state index in [4.69, 9.17) is 5.11 Å². The predicted molar refractivity (Wildman–Crippen MR) is 76.6 cm³/mol. The third kappa shape index (κ3) is 3.84. The van der Waals surface area contributed by atoms with Crippen molar-refractivity contribution < 1.29 is 14.7 Å². The Hall–Kier alpha value is -2.31. The van der Waals surface area contributed by atoms with E-state index in [1.54, 1.807) is 30.6 Å². The lowest BCUT2D eigenvalue weighted by Gasteiger charge is -2.19. The van der Waals surface area contributed by atoms with Gasteiger partial charge in [-0.3, -0.25) is 9.48 Å². The van der Waals surface area contributed by atoms with E-state index in [2.05, 4.69) is 10.4 Å². The number of hydrogen-bond donors (Lipinski definition) is 2. The minimum absolute atomic E-state index is 0.0954. The number of carboxylic acid groups (broad SMARTS) is 1. The van der Waals surface area contributed by atoms with E-state index in [0.717, 1.165) is 6.08 Å². The standard InChI is InChI=1S/C13H20N4O3/c1-5-14-11(18)8-16(3)13-10(6-7-12(19)20)9(2)15-17(13)4/h6-7H,5,8H2,1-4H3,(H,14,18)(H,19,20). The third-order valence-electron chi connectivity index (χ3n) is 2.75. The van der Waals surface area contributed by atoms with Gasteiger partial charge in [-0.25, -0.2) is 4.79 Å². The molecule has 0 aliphatic heterocycles. The first kappa shape index (κ1) is 15.7. The van der Waals surface area contributed by atoms with Gasteiger partial charge >= 0.3 is 5.97 Å². The summed E-state index contributed by atoms with van der Waals surface area (Å²) < 4.78 is 1.64. The van der Waals surface area contributed by atoms with Crippen molar-refractivity contribution in [3.8, 4) is 0 Å². The summed E-state index contributed by atoms with van der Waals surface area (Å²) in [6, 6.07) is 0. The van der Waals surface area contributed by atoms with Crippen LogP contribution >= 0.6 is 0 Å². The van der Waals surface area contributed by atoms with Crippen LogP contribution in [0.5, 0.6) is 0 Å². The van der Waals surface area contributed by atoms with Crippen molar-refractivity contribution in [2.75, 3.05) is 25.0 Å². The first-order valence-electron chi connectivity index (χ1n) is 6.29. The molecule has 110 valence electrons. The van der Waals surface area contributed by atoms with Crippen molar-refractivity contribution in [1.82, 2.24) is 15.1 Å². The number of rotatable bonds is 6. The zero-order valence-electron chi connectivity index (χ0n) is 12.2. The van der Waals surface area contributed by atoms with Crippen LogP contribution < -0.4 is 10.2 Å². The minimum Gasteiger partial charge on any atom is -0.478 e. The van der Waals surface area contributed by atoms with E-state index in [0.29, 0.717) is 23.6 Å². The average Bonchev–Trinajstić information content (AvgIpc) is 2.61. The number of anilines is 1. The zero-order valence-corrected chi connectivity index (χ0v) is 12.2. The SMILES string of the molecule is CCNC(=O)CN(C)c1c(C=CC(=O)O)c(C)nn1C. The second kappa shape index (κ2) is 6.74. The number of amides is 1. The number of hydrogen-bond acceptors (Lipinski definition) is 4. The molecule has 20 heavy (non-hydrogen) atoms. The molecule has 0 fully saturated rings. The maximum atomic E-state index is 11.6. The molecule has 7 nitrogen and oxygen atoms in total. The van der Waals surface area contributed by atoms with Gasteiger partial charge in [0.2, 0.25) is 5.91 Å². The molecular weight excluding hydrogens is 260 g/mol. The Morgan fingerprint density at radius 2 is 2.15 bits per heavy atom. The molecule has 0 aliphatic rings. The number of likely N-dealkylation sites (N-methyl/N-ethyl adjacent to an activating group) is 2. The van der Waals surface area contributed by atoms with Crippen molar-refractivity contribution in [1.29, 1.82) is 0 Å². The van der Waals surface area contributed by atoms with E-state index in [1.807, 2.05) is 6.92 Å². The van der Waals surface area contributed by atoms with Crippen molar-refractivity contribution in [2.24, 2.45) is 7.05 Å². The summed E-state index contributed by atoms with van der Waals surface area (Å²) in [7, 11) is 3.53. The molecule has 2 N–H and O–H groups in total. The molecule has 7 heteroatoms. The molecule has 0 atom stereocenters. The molecular formula is C13H20N4O3. The van der Waals surface area contributed by atoms with Crippen LogP contribution in [-0.2, 0) is 16.6 Å². The van der Waals surface area contributed by atoms with Crippen LogP contribution in [0.1, 0.15) is 18.2 Å². The second-order valence-electron chi connectivity index (χ2n) is 4.43. The maximum absolute atomic E-state index is 11.6. The highest BCUT2D eigenvalue weighted by Gasteiger charge is 2.17. The van der Waals surface area contributed by atoms with E-state index >= 15 is 0 Å². The Labute approximate surface area is 117 Å². The van der Waals surface area contributed by atoms with Gasteiger partial charge in [-0.2, -0.15) is 5.10 Å². The number of nitrogens with one attached hydrogen (secondary N) is 1. The molecule has 0 saturated heterocycles. The first-order valence-corrected chi connectivity index (χ1v) is 6.29. The molecule has 0 aromatic carbocycles. The predicted octanol–water partition coefficient (Wildman–Crippen LogP) is 0.399. The molecule has 1 aromatic rings. The van der Waals surface area contributed by atoms with Crippen molar-refractivity contribution in [3.63, 3.8) is 0 Å². The largest absolute Gasteiger partial charge is 0.478 e. The van der Waals surface area contributed by atoms with Gasteiger partial charge in [-0.05, 0) is 19.9 Å². The minimum atomic E-state index is -1.02. The monoisotopic (exact) mass is 280 g/mol. The Morgan fingerprint density at radius 1 is 1.50 bits per heavy atom. The van der Waals surface area contributed by atoms with Gasteiger partial charge in [0.1, 0.15) is 5.82 Å². The normalized spacial score (nSPS) is 10.8. The van der Waals surface area contributed by atoms with Crippen LogP contribution in [0.15, 0.2) is 6.08 Å². The van der Waals surface area contributed by atoms with Crippen molar-refractivity contribution in [3.05, 3.63) is 17.3 Å². The molecule has 0 aliphatic carbocycles. The smallest absolute Gasteiger partial charge is 0.328 e. The Bertz CT molecular complexity index is 534. The van der Waals surface area contributed by atoms with Gasteiger partial charge in [-0.15, -0.1) is 0 Å². The van der Waals surface area contributed by atoms with E-state index < -0.39 is 5.97 Å². The summed E-state index contributed by atoms with van der Waals surface area (Å²) in [5.74, 6) is -0.418. The molecule has 0 saturated carbocycles. The van der Waals surface area contributed by atoms with E-state index in [9.17, 15) is 9.59 Å². The molecule has 1 aromatic heterocycles. The van der Waals surface area contributed by atoms with Gasteiger partial charge in [0.15, 0.2) is 0 Å². The van der Waals surface area contributed by atoms with Crippen LogP contribution in [0, 0.1) is 6.92 Å². The number of carbonyl (C=O) groups is 2. The summed E-state index contributed by atoms with van der Waals surface area (Å²) >= 11 is 0. The number of carbonyl (C=O) groups excluding carboxylic acids is 1. The van der Waals surface area contributed by atoms with Crippen LogP contribution in [0.3, 0.4) is 0 Å². The van der Waals surface area contributed by atoms with E-state index in [1.165, 1.54) is 6.08 Å². The number of nitrogens with zero attached hydrogens (tertiary/aromatic N) is 3. The lowest BCUT2D eigenvalue weighted by Crippen LogP contribution is -2.36. The van der Waals surface area contributed by atoms with Gasteiger partial charge in [0.05, 0.1) is 12.2 Å². The molecule has 0 spiro atoms. The molecule has 0 radical (unpaired) electrons. The molecule has 1 heterocycles. The first-order chi connectivity index (χ1) is 9.36. The number of aryl methyl sites for hydroxylation is 2. The molecule has 1 rings (SSSR count). The molecule has 0 bridgehead atoms. The van der Waals surface area contributed by atoms with Gasteiger partial charge in [-0.1, -0.05) is 0 Å². The quantitative estimate of drug-likeness (QED) is 0.736. The van der Waals surface area contributed by atoms with Crippen molar-refractivity contribution in [2.45, 2.75) is 13.8 Å². The fourth-order valence-electron chi connectivity index (χ4n) is 2.01. The van der Waals surface area contributed by atoms with Crippen LogP contribution in [0.25, 0.3) is 6.08 Å². The third-order valence-corrected chi connectivity index (χ3v) is 2.75. The highest BCUT2D eigenvalue weighted by Crippen LogP contribution is 2.23. The lowest BCUT2D eigenvalue weighted by atomic mass is 10.2. The second-order valence-corrected chi connectivity index (χ2v) is 4.43. The molecule has 1 amide bonds. The van der Waals surface area contributed by atoms with E-state index in [-0.39, 0.29) is 12.5 Å². The lowest BCUT2D eigenvalue weighted by molar-refractivity contribution is -0.131. The fraction of sp³-hybridized carbons (Fsp3) is 0.462. The summed E-state index contributed by atoms with van der Waals surface area (Å²) in [6.07, 6.45) is 2.56. The zero-order chi connectivity index (χ0) is 15.3. The fourth-order valence-corrected chi connectivity index (χ4v) is 2.01. The van der Waals surface area contributed by atoms with Crippen LogP contribution in [0.2, 0.25) is 0 Å². The summed E-state index contributed by atoms with van der Waals surface area (Å²) in [4.78, 5) is 24.0. The highest BCUT2D eigenvalue weighted by atomic mass is 16.4. The molecule has 0 unspecified atom stereocenters. The Kier molecular flexibility index (Phi) is 5.31. The maximum Gasteiger partial charge on any atom is 0.328 e. The number of aliphatic carboxylic acids is 1. The highest BCUT2D eigenvalue weighted by molar-refractivity contribution is 5.87. The van der Waals surface area contributed by atoms with Gasteiger partial charge in [0, 0.05) is 32.3 Å². The Balaban J connectivity index is 3.04. The average molecular weight is 280 g/mol. The summed E-state index contributed by atoms with van der Waals surface area (Å²) in [5, 5.41) is 15.7. The van der Waals surface area contributed by atoms with Gasteiger partial charge in [0.25, 0.3) is 0 Å². The van der Waals surface area contributed by atoms with Crippen LogP contribution in [0.4, 0.5) is 5.82 Å². The van der Waals surface area contributed by atoms with Crippen LogP contribution in [-0.4, -0.2) is 46.9 Å². The summed E-state index contributed by atoms with van der Waals surface area (Å²) in [5.41, 5.74) is 1.41. The van der Waals surface area contributed by atoms with Gasteiger partial charge < -0.3 is 15.3 Å². The Morgan fingerprint density at radius 3 is 2.70 bits per heavy atom. The topological polar surface area (TPSA) is 87.5 Å². The van der Waals surface area contributed by atoms with Crippen molar-refractivity contribution >= 4 is 23.8 Å². The summed E-state index contributed by atoms with van der Waals surface area (Å²) in [6.45, 7) is 4.40.